The summed E-state index contributed by atoms with van der Waals surface area (Å²) in [5.74, 6) is 0.596. The molecule has 18 heavy (non-hydrogen) atoms. The highest BCUT2D eigenvalue weighted by Crippen LogP contribution is 2.06. The molecule has 92 valence electrons. The lowest BCUT2D eigenvalue weighted by molar-refractivity contribution is 0.102. The van der Waals surface area contributed by atoms with Crippen LogP contribution in [0.1, 0.15) is 17.4 Å². The SMILES string of the molecule is CCNc1cccc(C(=O)Nc2ncccn2)n1. The second kappa shape index (κ2) is 5.72. The molecule has 0 atom stereocenters. The first kappa shape index (κ1) is 12.0. The summed E-state index contributed by atoms with van der Waals surface area (Å²) in [4.78, 5) is 23.9. The Morgan fingerprint density at radius 3 is 2.72 bits per heavy atom. The van der Waals surface area contributed by atoms with Gasteiger partial charge in [-0.3, -0.25) is 10.1 Å². The molecule has 2 heterocycles. The Balaban J connectivity index is 2.11. The summed E-state index contributed by atoms with van der Waals surface area (Å²) in [6.07, 6.45) is 3.12. The molecule has 2 aromatic heterocycles. The molecule has 2 rings (SSSR count). The third-order valence-corrected chi connectivity index (χ3v) is 2.13. The van der Waals surface area contributed by atoms with Gasteiger partial charge in [-0.15, -0.1) is 0 Å². The van der Waals surface area contributed by atoms with E-state index in [-0.39, 0.29) is 11.9 Å². The van der Waals surface area contributed by atoms with Gasteiger partial charge in [0.25, 0.3) is 5.91 Å². The van der Waals surface area contributed by atoms with E-state index >= 15 is 0 Å². The van der Waals surface area contributed by atoms with E-state index in [0.29, 0.717) is 11.5 Å². The molecular formula is C12H13N5O. The van der Waals surface area contributed by atoms with Crippen LogP contribution in [0.3, 0.4) is 0 Å². The minimum Gasteiger partial charge on any atom is -0.370 e. The zero-order valence-electron chi connectivity index (χ0n) is 9.92. The Morgan fingerprint density at radius 2 is 2.00 bits per heavy atom. The first-order valence-electron chi connectivity index (χ1n) is 5.59. The van der Waals surface area contributed by atoms with Crippen molar-refractivity contribution in [3.05, 3.63) is 42.4 Å². The first-order chi connectivity index (χ1) is 8.79. The number of anilines is 2. The molecule has 0 saturated heterocycles. The van der Waals surface area contributed by atoms with Crippen molar-refractivity contribution in [2.75, 3.05) is 17.2 Å². The fourth-order valence-corrected chi connectivity index (χ4v) is 1.37. The normalized spacial score (nSPS) is 9.83. The van der Waals surface area contributed by atoms with E-state index in [2.05, 4.69) is 25.6 Å². The highest BCUT2D eigenvalue weighted by atomic mass is 16.2. The maximum atomic E-state index is 11.9. The highest BCUT2D eigenvalue weighted by molar-refractivity contribution is 6.02. The highest BCUT2D eigenvalue weighted by Gasteiger charge is 2.09. The molecule has 0 aliphatic heterocycles. The van der Waals surface area contributed by atoms with E-state index in [4.69, 9.17) is 0 Å². The average molecular weight is 243 g/mol. The molecule has 1 amide bonds. The predicted octanol–water partition coefficient (Wildman–Crippen LogP) is 1.56. The number of carbonyl (C=O) groups is 1. The van der Waals surface area contributed by atoms with Crippen LogP contribution in [-0.4, -0.2) is 27.4 Å². The molecule has 6 heteroatoms. The van der Waals surface area contributed by atoms with Gasteiger partial charge in [-0.2, -0.15) is 0 Å². The summed E-state index contributed by atoms with van der Waals surface area (Å²) >= 11 is 0. The average Bonchev–Trinajstić information content (AvgIpc) is 2.40. The van der Waals surface area contributed by atoms with Gasteiger partial charge in [0.1, 0.15) is 11.5 Å². The number of nitrogens with zero attached hydrogens (tertiary/aromatic N) is 3. The molecule has 0 spiro atoms. The predicted molar refractivity (Wildman–Crippen MR) is 68.4 cm³/mol. The molecule has 0 aromatic carbocycles. The largest absolute Gasteiger partial charge is 0.370 e. The maximum absolute atomic E-state index is 11.9. The monoisotopic (exact) mass is 243 g/mol. The number of nitrogens with one attached hydrogen (secondary N) is 2. The van der Waals surface area contributed by atoms with E-state index in [9.17, 15) is 4.79 Å². The molecule has 0 aliphatic carbocycles. The van der Waals surface area contributed by atoms with E-state index < -0.39 is 0 Å². The van der Waals surface area contributed by atoms with E-state index in [1.54, 1.807) is 36.7 Å². The summed E-state index contributed by atoms with van der Waals surface area (Å²) in [6.45, 7) is 2.71. The zero-order valence-corrected chi connectivity index (χ0v) is 9.92. The molecular weight excluding hydrogens is 230 g/mol. The van der Waals surface area contributed by atoms with Crippen molar-refractivity contribution in [3.8, 4) is 0 Å². The van der Waals surface area contributed by atoms with Crippen molar-refractivity contribution >= 4 is 17.7 Å². The van der Waals surface area contributed by atoms with Gasteiger partial charge in [0, 0.05) is 18.9 Å². The standard InChI is InChI=1S/C12H13N5O/c1-2-13-10-6-3-5-9(16-10)11(18)17-12-14-7-4-8-15-12/h3-8H,2H2,1H3,(H,13,16)(H,14,15,17,18). The smallest absolute Gasteiger partial charge is 0.276 e. The number of amides is 1. The number of hydrogen-bond acceptors (Lipinski definition) is 5. The second-order valence-electron chi connectivity index (χ2n) is 3.46. The van der Waals surface area contributed by atoms with Crippen molar-refractivity contribution < 1.29 is 4.79 Å². The fourth-order valence-electron chi connectivity index (χ4n) is 1.37. The number of aromatic nitrogens is 3. The minimum atomic E-state index is -0.332. The van der Waals surface area contributed by atoms with Gasteiger partial charge >= 0.3 is 0 Å². The quantitative estimate of drug-likeness (QED) is 0.851. The number of rotatable bonds is 4. The molecule has 6 nitrogen and oxygen atoms in total. The van der Waals surface area contributed by atoms with Crippen LogP contribution in [0.2, 0.25) is 0 Å². The summed E-state index contributed by atoms with van der Waals surface area (Å²) in [7, 11) is 0. The fraction of sp³-hybridized carbons (Fsp3) is 0.167. The number of pyridine rings is 1. The van der Waals surface area contributed by atoms with Gasteiger partial charge in [0.15, 0.2) is 0 Å². The molecule has 0 fully saturated rings. The van der Waals surface area contributed by atoms with E-state index in [1.807, 2.05) is 6.92 Å². The van der Waals surface area contributed by atoms with E-state index in [0.717, 1.165) is 6.54 Å². The van der Waals surface area contributed by atoms with Crippen LogP contribution in [0.4, 0.5) is 11.8 Å². The van der Waals surface area contributed by atoms with Gasteiger partial charge in [-0.05, 0) is 25.1 Å². The molecule has 0 bridgehead atoms. The van der Waals surface area contributed by atoms with Gasteiger partial charge in [-0.1, -0.05) is 6.07 Å². The van der Waals surface area contributed by atoms with E-state index in [1.165, 1.54) is 0 Å². The molecule has 2 N–H and O–H groups in total. The Hall–Kier alpha value is -2.50. The van der Waals surface area contributed by atoms with Crippen molar-refractivity contribution in [2.45, 2.75) is 6.92 Å². The summed E-state index contributed by atoms with van der Waals surface area (Å²) in [5.41, 5.74) is 0.320. The second-order valence-corrected chi connectivity index (χ2v) is 3.46. The van der Waals surface area contributed by atoms with Crippen LogP contribution in [0.25, 0.3) is 0 Å². The minimum absolute atomic E-state index is 0.262. The Morgan fingerprint density at radius 1 is 1.22 bits per heavy atom. The van der Waals surface area contributed by atoms with Crippen LogP contribution in [0.5, 0.6) is 0 Å². The van der Waals surface area contributed by atoms with Gasteiger partial charge in [0.2, 0.25) is 5.95 Å². The van der Waals surface area contributed by atoms with Crippen LogP contribution in [0.15, 0.2) is 36.7 Å². The molecule has 0 aliphatic rings. The van der Waals surface area contributed by atoms with Crippen LogP contribution in [-0.2, 0) is 0 Å². The molecule has 0 radical (unpaired) electrons. The van der Waals surface area contributed by atoms with Crippen molar-refractivity contribution in [2.24, 2.45) is 0 Å². The summed E-state index contributed by atoms with van der Waals surface area (Å²) in [5, 5.41) is 5.62. The Kier molecular flexibility index (Phi) is 3.80. The van der Waals surface area contributed by atoms with Crippen molar-refractivity contribution in [3.63, 3.8) is 0 Å². The van der Waals surface area contributed by atoms with Gasteiger partial charge in [-0.25, -0.2) is 15.0 Å². The van der Waals surface area contributed by atoms with Crippen LogP contribution >= 0.6 is 0 Å². The third-order valence-electron chi connectivity index (χ3n) is 2.13. The molecule has 0 saturated carbocycles. The molecule has 0 unspecified atom stereocenters. The summed E-state index contributed by atoms with van der Waals surface area (Å²) < 4.78 is 0. The topological polar surface area (TPSA) is 79.8 Å². The first-order valence-corrected chi connectivity index (χ1v) is 5.59. The lowest BCUT2D eigenvalue weighted by Gasteiger charge is -2.05. The van der Waals surface area contributed by atoms with Gasteiger partial charge in [0.05, 0.1) is 0 Å². The maximum Gasteiger partial charge on any atom is 0.276 e. The lowest BCUT2D eigenvalue weighted by Crippen LogP contribution is -2.16. The summed E-state index contributed by atoms with van der Waals surface area (Å²) in [6, 6.07) is 6.89. The third kappa shape index (κ3) is 3.00. The zero-order chi connectivity index (χ0) is 12.8. The van der Waals surface area contributed by atoms with Gasteiger partial charge < -0.3 is 5.32 Å². The number of carbonyl (C=O) groups excluding carboxylic acids is 1. The lowest BCUT2D eigenvalue weighted by atomic mass is 10.3. The molecule has 2 aromatic rings. The van der Waals surface area contributed by atoms with Crippen LogP contribution in [0, 0.1) is 0 Å². The number of hydrogen-bond donors (Lipinski definition) is 2. The van der Waals surface area contributed by atoms with Crippen LogP contribution < -0.4 is 10.6 Å². The van der Waals surface area contributed by atoms with Crippen molar-refractivity contribution in [1.29, 1.82) is 0 Å². The Bertz CT molecular complexity index is 529. The van der Waals surface area contributed by atoms with Crippen molar-refractivity contribution in [1.82, 2.24) is 15.0 Å². The Labute approximate surface area is 105 Å².